The van der Waals surface area contributed by atoms with E-state index in [-0.39, 0.29) is 5.69 Å². The van der Waals surface area contributed by atoms with Crippen LogP contribution in [0.2, 0.25) is 0 Å². The molecule has 0 fully saturated rings. The van der Waals surface area contributed by atoms with Crippen molar-refractivity contribution in [3.8, 4) is 0 Å². The fourth-order valence-electron chi connectivity index (χ4n) is 2.01. The third-order valence-electron chi connectivity index (χ3n) is 3.02. The predicted molar refractivity (Wildman–Crippen MR) is 84.8 cm³/mol. The lowest BCUT2D eigenvalue weighted by Gasteiger charge is -2.15. The van der Waals surface area contributed by atoms with Crippen molar-refractivity contribution in [3.05, 3.63) is 41.7 Å². The lowest BCUT2D eigenvalue weighted by molar-refractivity contribution is -0.136. The Balaban J connectivity index is 2.27. The van der Waals surface area contributed by atoms with Crippen LogP contribution >= 0.6 is 0 Å². The van der Waals surface area contributed by atoms with Gasteiger partial charge < -0.3 is 10.6 Å². The number of aromatic nitrogens is 2. The van der Waals surface area contributed by atoms with Gasteiger partial charge in [-0.05, 0) is 25.0 Å². The molecule has 23 heavy (non-hydrogen) atoms. The first-order chi connectivity index (χ1) is 10.8. The van der Waals surface area contributed by atoms with E-state index in [9.17, 15) is 13.2 Å². The average Bonchev–Trinajstić information content (AvgIpc) is 2.44. The molecule has 2 N–H and O–H groups in total. The monoisotopic (exact) mass is 324 g/mol. The molecular formula is C16H19F3N4. The maximum atomic E-state index is 13.0. The van der Waals surface area contributed by atoms with Gasteiger partial charge >= 0.3 is 6.18 Å². The van der Waals surface area contributed by atoms with Gasteiger partial charge in [0.1, 0.15) is 17.5 Å². The first kappa shape index (κ1) is 17.1. The normalized spacial score (nSPS) is 11.6. The number of hydrogen-bond acceptors (Lipinski definition) is 4. The second-order valence-corrected chi connectivity index (χ2v) is 5.63. The van der Waals surface area contributed by atoms with Gasteiger partial charge in [0.15, 0.2) is 0 Å². The third-order valence-corrected chi connectivity index (χ3v) is 3.02. The Morgan fingerprint density at radius 2 is 1.74 bits per heavy atom. The van der Waals surface area contributed by atoms with Gasteiger partial charge in [0.25, 0.3) is 0 Å². The largest absolute Gasteiger partial charge is 0.418 e. The van der Waals surface area contributed by atoms with E-state index in [0.29, 0.717) is 23.4 Å². The van der Waals surface area contributed by atoms with E-state index in [1.165, 1.54) is 12.1 Å². The van der Waals surface area contributed by atoms with E-state index in [1.54, 1.807) is 19.1 Å². The van der Waals surface area contributed by atoms with Gasteiger partial charge in [0, 0.05) is 12.6 Å². The second kappa shape index (κ2) is 6.85. The molecule has 1 aromatic heterocycles. The summed E-state index contributed by atoms with van der Waals surface area (Å²) in [6.45, 7) is 6.52. The molecule has 0 saturated carbocycles. The Morgan fingerprint density at radius 3 is 2.39 bits per heavy atom. The zero-order valence-corrected chi connectivity index (χ0v) is 13.2. The smallest absolute Gasteiger partial charge is 0.370 e. The zero-order valence-electron chi connectivity index (χ0n) is 13.2. The lowest BCUT2D eigenvalue weighted by atomic mass is 10.1. The van der Waals surface area contributed by atoms with Gasteiger partial charge in [-0.25, -0.2) is 9.97 Å². The fourth-order valence-corrected chi connectivity index (χ4v) is 2.01. The second-order valence-electron chi connectivity index (χ2n) is 5.63. The molecule has 0 spiro atoms. The Morgan fingerprint density at radius 1 is 1.09 bits per heavy atom. The summed E-state index contributed by atoms with van der Waals surface area (Å²) in [6.07, 6.45) is -4.43. The van der Waals surface area contributed by atoms with Gasteiger partial charge in [-0.1, -0.05) is 26.0 Å². The summed E-state index contributed by atoms with van der Waals surface area (Å²) < 4.78 is 39.1. The van der Waals surface area contributed by atoms with Crippen molar-refractivity contribution < 1.29 is 13.2 Å². The van der Waals surface area contributed by atoms with E-state index in [1.807, 2.05) is 0 Å². The van der Waals surface area contributed by atoms with Crippen molar-refractivity contribution in [2.45, 2.75) is 26.9 Å². The molecule has 0 bridgehead atoms. The lowest BCUT2D eigenvalue weighted by Crippen LogP contribution is -2.12. The van der Waals surface area contributed by atoms with Gasteiger partial charge in [-0.15, -0.1) is 0 Å². The highest BCUT2D eigenvalue weighted by molar-refractivity contribution is 5.63. The maximum Gasteiger partial charge on any atom is 0.418 e. The van der Waals surface area contributed by atoms with Crippen LogP contribution in [0.5, 0.6) is 0 Å². The Bertz CT molecular complexity index is 669. The van der Waals surface area contributed by atoms with Gasteiger partial charge in [-0.2, -0.15) is 13.2 Å². The van der Waals surface area contributed by atoms with Gasteiger partial charge in [0.2, 0.25) is 0 Å². The number of rotatable bonds is 5. The van der Waals surface area contributed by atoms with Crippen LogP contribution in [0.3, 0.4) is 0 Å². The molecule has 0 amide bonds. The number of halogens is 3. The molecule has 0 unspecified atom stereocenters. The van der Waals surface area contributed by atoms with Crippen molar-refractivity contribution >= 4 is 17.3 Å². The average molecular weight is 324 g/mol. The minimum Gasteiger partial charge on any atom is -0.370 e. The molecule has 0 aliphatic rings. The highest BCUT2D eigenvalue weighted by Gasteiger charge is 2.33. The summed E-state index contributed by atoms with van der Waals surface area (Å²) in [6, 6.07) is 6.91. The van der Waals surface area contributed by atoms with Crippen LogP contribution in [0, 0.1) is 12.8 Å². The zero-order chi connectivity index (χ0) is 17.0. The maximum absolute atomic E-state index is 13.0. The van der Waals surface area contributed by atoms with E-state index in [0.717, 1.165) is 12.6 Å². The summed E-state index contributed by atoms with van der Waals surface area (Å²) >= 11 is 0. The third kappa shape index (κ3) is 4.84. The Hall–Kier alpha value is -2.31. The van der Waals surface area contributed by atoms with E-state index < -0.39 is 11.7 Å². The molecule has 0 atom stereocenters. The molecule has 124 valence electrons. The molecule has 2 aromatic rings. The van der Waals surface area contributed by atoms with Crippen LogP contribution in [0.25, 0.3) is 0 Å². The fraction of sp³-hybridized carbons (Fsp3) is 0.375. The van der Waals surface area contributed by atoms with Gasteiger partial charge in [-0.3, -0.25) is 0 Å². The SMILES string of the molecule is Cc1nc(NCC(C)C)cc(Nc2ccccc2C(F)(F)F)n1. The topological polar surface area (TPSA) is 49.8 Å². The van der Waals surface area contributed by atoms with Crippen molar-refractivity contribution in [2.24, 2.45) is 5.92 Å². The molecule has 1 aromatic carbocycles. The van der Waals surface area contributed by atoms with Crippen molar-refractivity contribution in [1.82, 2.24) is 9.97 Å². The Labute approximate surface area is 133 Å². The van der Waals surface area contributed by atoms with Gasteiger partial charge in [0.05, 0.1) is 11.3 Å². The summed E-state index contributed by atoms with van der Waals surface area (Å²) in [5.74, 6) is 1.80. The molecule has 0 saturated heterocycles. The quantitative estimate of drug-likeness (QED) is 0.843. The van der Waals surface area contributed by atoms with E-state index >= 15 is 0 Å². The number of para-hydroxylation sites is 1. The highest BCUT2D eigenvalue weighted by Crippen LogP contribution is 2.35. The van der Waals surface area contributed by atoms with Crippen molar-refractivity contribution in [3.63, 3.8) is 0 Å². The van der Waals surface area contributed by atoms with Crippen LogP contribution in [-0.4, -0.2) is 16.5 Å². The highest BCUT2D eigenvalue weighted by atomic mass is 19.4. The minimum atomic E-state index is -4.43. The number of benzene rings is 1. The first-order valence-electron chi connectivity index (χ1n) is 7.28. The number of hydrogen-bond donors (Lipinski definition) is 2. The molecule has 2 rings (SSSR count). The molecular weight excluding hydrogens is 305 g/mol. The number of nitrogens with zero attached hydrogens (tertiary/aromatic N) is 2. The summed E-state index contributed by atoms with van der Waals surface area (Å²) in [7, 11) is 0. The predicted octanol–water partition coefficient (Wildman–Crippen LogP) is 4.62. The molecule has 7 heteroatoms. The number of alkyl halides is 3. The number of anilines is 3. The Kier molecular flexibility index (Phi) is 5.08. The molecule has 0 aliphatic carbocycles. The van der Waals surface area contributed by atoms with Crippen molar-refractivity contribution in [2.75, 3.05) is 17.2 Å². The minimum absolute atomic E-state index is 0.0343. The molecule has 4 nitrogen and oxygen atoms in total. The standard InChI is InChI=1S/C16H19F3N4/c1-10(2)9-20-14-8-15(22-11(3)21-14)23-13-7-5-4-6-12(13)16(17,18)19/h4-8,10H,9H2,1-3H3,(H2,20,21,22,23). The van der Waals surface area contributed by atoms with E-state index in [2.05, 4.69) is 34.4 Å². The van der Waals surface area contributed by atoms with E-state index in [4.69, 9.17) is 0 Å². The molecule has 0 radical (unpaired) electrons. The van der Waals surface area contributed by atoms with Crippen molar-refractivity contribution in [1.29, 1.82) is 0 Å². The van der Waals surface area contributed by atoms with Crippen LogP contribution in [0.4, 0.5) is 30.5 Å². The number of nitrogens with one attached hydrogen (secondary N) is 2. The van der Waals surface area contributed by atoms with Crippen LogP contribution in [0.1, 0.15) is 25.2 Å². The van der Waals surface area contributed by atoms with Crippen LogP contribution < -0.4 is 10.6 Å². The van der Waals surface area contributed by atoms with Crippen LogP contribution in [-0.2, 0) is 6.18 Å². The summed E-state index contributed by atoms with van der Waals surface area (Å²) in [5, 5.41) is 5.88. The summed E-state index contributed by atoms with van der Waals surface area (Å²) in [4.78, 5) is 8.38. The van der Waals surface area contributed by atoms with Crippen LogP contribution in [0.15, 0.2) is 30.3 Å². The summed E-state index contributed by atoms with van der Waals surface area (Å²) in [5.41, 5.74) is -0.763. The molecule has 0 aliphatic heterocycles. The number of aryl methyl sites for hydroxylation is 1. The first-order valence-corrected chi connectivity index (χ1v) is 7.28. The molecule has 1 heterocycles.